The number of aryl methyl sites for hydroxylation is 2. The third-order valence-electron chi connectivity index (χ3n) is 4.74. The number of fused-ring (bicyclic) bond motifs is 2. The molecule has 1 aliphatic rings. The van der Waals surface area contributed by atoms with Gasteiger partial charge in [-0.15, -0.1) is 0 Å². The molecule has 1 atom stereocenters. The number of carbonyl (C=O) groups excluding carboxylic acids is 1. The van der Waals surface area contributed by atoms with Crippen LogP contribution in [0.5, 0.6) is 0 Å². The highest BCUT2D eigenvalue weighted by Gasteiger charge is 2.24. The summed E-state index contributed by atoms with van der Waals surface area (Å²) in [4.78, 5) is 20.1. The summed E-state index contributed by atoms with van der Waals surface area (Å²) in [7, 11) is 1.96. The first-order valence-corrected chi connectivity index (χ1v) is 8.44. The van der Waals surface area contributed by atoms with Gasteiger partial charge in [-0.05, 0) is 31.4 Å². The van der Waals surface area contributed by atoms with E-state index in [1.54, 1.807) is 0 Å². The Hall–Kier alpha value is -2.63. The van der Waals surface area contributed by atoms with Crippen molar-refractivity contribution in [2.24, 2.45) is 7.05 Å². The molecular weight excluding hydrogens is 302 g/mol. The molecular formula is C18H21N5O. The largest absolute Gasteiger partial charge is 0.349 e. The summed E-state index contributed by atoms with van der Waals surface area (Å²) in [6.45, 7) is 0. The molecule has 2 heterocycles. The maximum atomic E-state index is 12.3. The summed E-state index contributed by atoms with van der Waals surface area (Å²) in [5.74, 6) is 0.925. The lowest BCUT2D eigenvalue weighted by Gasteiger charge is -2.23. The van der Waals surface area contributed by atoms with Crippen LogP contribution in [0.4, 0.5) is 0 Å². The van der Waals surface area contributed by atoms with Crippen LogP contribution in [-0.2, 0) is 24.7 Å². The molecule has 1 aliphatic carbocycles. The molecule has 0 aliphatic heterocycles. The van der Waals surface area contributed by atoms with Crippen LogP contribution in [-0.4, -0.2) is 25.7 Å². The van der Waals surface area contributed by atoms with Gasteiger partial charge in [0.15, 0.2) is 0 Å². The van der Waals surface area contributed by atoms with Crippen molar-refractivity contribution < 1.29 is 4.79 Å². The van der Waals surface area contributed by atoms with Gasteiger partial charge >= 0.3 is 0 Å². The minimum atomic E-state index is 0.0668. The molecule has 3 aromatic rings. The van der Waals surface area contributed by atoms with Crippen LogP contribution in [0.15, 0.2) is 30.5 Å². The molecule has 0 fully saturated rings. The standard InChI is InChI=1S/C18H21N5O/c1-23-16-8-4-7-13(12(16)11-19-23)22-18(24)10-9-17-20-14-5-2-3-6-15(14)21-17/h2-3,5-6,11,13H,4,7-10H2,1H3,(H,20,21)(H,22,24). The maximum absolute atomic E-state index is 12.3. The van der Waals surface area contributed by atoms with Crippen molar-refractivity contribution in [2.75, 3.05) is 0 Å². The highest BCUT2D eigenvalue weighted by Crippen LogP contribution is 2.29. The number of aromatic nitrogens is 4. The van der Waals surface area contributed by atoms with Crippen molar-refractivity contribution in [3.05, 3.63) is 47.5 Å². The Bertz CT molecular complexity index is 846. The number of hydrogen-bond acceptors (Lipinski definition) is 3. The van der Waals surface area contributed by atoms with E-state index < -0.39 is 0 Å². The van der Waals surface area contributed by atoms with Gasteiger partial charge in [0.05, 0.1) is 23.3 Å². The Kier molecular flexibility index (Phi) is 3.80. The van der Waals surface area contributed by atoms with E-state index in [0.29, 0.717) is 12.8 Å². The number of amides is 1. The number of para-hydroxylation sites is 2. The van der Waals surface area contributed by atoms with Crippen LogP contribution in [0.25, 0.3) is 11.0 Å². The monoisotopic (exact) mass is 323 g/mol. The highest BCUT2D eigenvalue weighted by molar-refractivity contribution is 5.77. The molecule has 0 spiro atoms. The topological polar surface area (TPSA) is 75.6 Å². The van der Waals surface area contributed by atoms with Crippen molar-refractivity contribution in [2.45, 2.75) is 38.1 Å². The molecule has 2 N–H and O–H groups in total. The number of imidazole rings is 1. The minimum absolute atomic E-state index is 0.0668. The normalized spacial score (nSPS) is 17.0. The fraction of sp³-hybridized carbons (Fsp3) is 0.389. The molecule has 6 heteroatoms. The summed E-state index contributed by atoms with van der Waals surface area (Å²) >= 11 is 0. The Morgan fingerprint density at radius 2 is 2.29 bits per heavy atom. The van der Waals surface area contributed by atoms with E-state index in [0.717, 1.165) is 36.1 Å². The van der Waals surface area contributed by atoms with E-state index in [1.807, 2.05) is 42.2 Å². The van der Waals surface area contributed by atoms with Gasteiger partial charge in [0.25, 0.3) is 0 Å². The summed E-state index contributed by atoms with van der Waals surface area (Å²) in [6, 6.07) is 8.00. The van der Waals surface area contributed by atoms with Crippen LogP contribution in [0.2, 0.25) is 0 Å². The summed E-state index contributed by atoms with van der Waals surface area (Å²) in [5, 5.41) is 7.48. The predicted molar refractivity (Wildman–Crippen MR) is 91.4 cm³/mol. The van der Waals surface area contributed by atoms with Crippen LogP contribution in [0.1, 0.15) is 42.4 Å². The third-order valence-corrected chi connectivity index (χ3v) is 4.74. The van der Waals surface area contributed by atoms with Crippen LogP contribution in [0.3, 0.4) is 0 Å². The molecule has 1 amide bonds. The zero-order valence-corrected chi connectivity index (χ0v) is 13.7. The lowest BCUT2D eigenvalue weighted by atomic mass is 9.93. The van der Waals surface area contributed by atoms with Gasteiger partial charge in [-0.25, -0.2) is 4.98 Å². The molecule has 1 unspecified atom stereocenters. The predicted octanol–water partition coefficient (Wildman–Crippen LogP) is 2.42. The molecule has 0 saturated heterocycles. The SMILES string of the molecule is Cn1ncc2c1CCCC2NC(=O)CCc1nc2ccccc2[nH]1. The second-order valence-electron chi connectivity index (χ2n) is 6.38. The van der Waals surface area contributed by atoms with Gasteiger partial charge in [-0.2, -0.15) is 5.10 Å². The molecule has 6 nitrogen and oxygen atoms in total. The zero-order valence-electron chi connectivity index (χ0n) is 13.7. The molecule has 0 bridgehead atoms. The van der Waals surface area contributed by atoms with Crippen LogP contribution >= 0.6 is 0 Å². The fourth-order valence-electron chi connectivity index (χ4n) is 3.48. The number of aromatic amines is 1. The van der Waals surface area contributed by atoms with Gasteiger partial charge < -0.3 is 10.3 Å². The molecule has 1 aromatic carbocycles. The average molecular weight is 323 g/mol. The van der Waals surface area contributed by atoms with Crippen molar-refractivity contribution in [3.63, 3.8) is 0 Å². The minimum Gasteiger partial charge on any atom is -0.349 e. The van der Waals surface area contributed by atoms with Crippen molar-refractivity contribution >= 4 is 16.9 Å². The fourth-order valence-corrected chi connectivity index (χ4v) is 3.48. The number of H-pyrrole nitrogens is 1. The third kappa shape index (κ3) is 2.79. The van der Waals surface area contributed by atoms with Crippen LogP contribution in [0, 0.1) is 0 Å². The van der Waals surface area contributed by atoms with E-state index in [9.17, 15) is 4.79 Å². The van der Waals surface area contributed by atoms with Gasteiger partial charge in [0.1, 0.15) is 5.82 Å². The maximum Gasteiger partial charge on any atom is 0.220 e. The number of carbonyl (C=O) groups is 1. The van der Waals surface area contributed by atoms with E-state index in [-0.39, 0.29) is 11.9 Å². The average Bonchev–Trinajstić information content (AvgIpc) is 3.17. The summed E-state index contributed by atoms with van der Waals surface area (Å²) < 4.78 is 1.92. The molecule has 2 aromatic heterocycles. The van der Waals surface area contributed by atoms with E-state index in [1.165, 1.54) is 11.3 Å². The van der Waals surface area contributed by atoms with E-state index in [4.69, 9.17) is 0 Å². The molecule has 0 saturated carbocycles. The van der Waals surface area contributed by atoms with Gasteiger partial charge in [-0.1, -0.05) is 12.1 Å². The molecule has 4 rings (SSSR count). The van der Waals surface area contributed by atoms with E-state index in [2.05, 4.69) is 20.4 Å². The molecule has 0 radical (unpaired) electrons. The number of nitrogens with one attached hydrogen (secondary N) is 2. The first-order valence-electron chi connectivity index (χ1n) is 8.44. The van der Waals surface area contributed by atoms with Gasteiger partial charge in [-0.3, -0.25) is 9.48 Å². The lowest BCUT2D eigenvalue weighted by Crippen LogP contribution is -2.31. The number of benzene rings is 1. The Labute approximate surface area is 140 Å². The van der Waals surface area contributed by atoms with Gasteiger partial charge in [0.2, 0.25) is 5.91 Å². The van der Waals surface area contributed by atoms with Gasteiger partial charge in [0, 0.05) is 31.1 Å². The molecule has 124 valence electrons. The first-order chi connectivity index (χ1) is 11.7. The number of rotatable bonds is 4. The van der Waals surface area contributed by atoms with Crippen molar-refractivity contribution in [1.82, 2.24) is 25.1 Å². The van der Waals surface area contributed by atoms with Crippen molar-refractivity contribution in [1.29, 1.82) is 0 Å². The first kappa shape index (κ1) is 14.9. The highest BCUT2D eigenvalue weighted by atomic mass is 16.1. The molecule has 24 heavy (non-hydrogen) atoms. The lowest BCUT2D eigenvalue weighted by molar-refractivity contribution is -0.121. The Morgan fingerprint density at radius 1 is 1.42 bits per heavy atom. The quantitative estimate of drug-likeness (QED) is 0.774. The van der Waals surface area contributed by atoms with Crippen LogP contribution < -0.4 is 5.32 Å². The van der Waals surface area contributed by atoms with E-state index >= 15 is 0 Å². The smallest absolute Gasteiger partial charge is 0.220 e. The second-order valence-corrected chi connectivity index (χ2v) is 6.38. The zero-order chi connectivity index (χ0) is 16.5. The van der Waals surface area contributed by atoms with Crippen molar-refractivity contribution in [3.8, 4) is 0 Å². The summed E-state index contributed by atoms with van der Waals surface area (Å²) in [5.41, 5.74) is 4.37. The number of hydrogen-bond donors (Lipinski definition) is 2. The Morgan fingerprint density at radius 3 is 3.17 bits per heavy atom. The number of nitrogens with zero attached hydrogens (tertiary/aromatic N) is 3. The summed E-state index contributed by atoms with van der Waals surface area (Å²) in [6.07, 6.45) is 6.05. The Balaban J connectivity index is 1.39. The second kappa shape index (κ2) is 6.11.